The average Bonchev–Trinajstić information content (AvgIpc) is 3.28. The van der Waals surface area contributed by atoms with Crippen molar-refractivity contribution >= 4 is 11.9 Å². The van der Waals surface area contributed by atoms with Crippen LogP contribution in [-0.2, 0) is 11.2 Å². The van der Waals surface area contributed by atoms with Crippen LogP contribution < -0.4 is 5.32 Å². The van der Waals surface area contributed by atoms with Gasteiger partial charge in [-0.25, -0.2) is 0 Å². The first-order chi connectivity index (χ1) is 14.6. The first-order valence-corrected chi connectivity index (χ1v) is 11.7. The molecule has 3 aliphatic rings. The number of aliphatic imine (C=N–C) groups is 1. The minimum atomic E-state index is 0.188. The molecule has 2 atom stereocenters. The quantitative estimate of drug-likeness (QED) is 0.688. The van der Waals surface area contributed by atoms with E-state index in [0.29, 0.717) is 30.8 Å². The minimum absolute atomic E-state index is 0.188. The van der Waals surface area contributed by atoms with Crippen molar-refractivity contribution in [2.75, 3.05) is 26.2 Å². The Morgan fingerprint density at radius 1 is 1.20 bits per heavy atom. The number of nitrogens with one attached hydrogen (secondary N) is 1. The molecule has 164 valence electrons. The Morgan fingerprint density at radius 3 is 2.73 bits per heavy atom. The Hall–Kier alpha value is -2.24. The van der Waals surface area contributed by atoms with Crippen LogP contribution in [-0.4, -0.2) is 65.0 Å². The van der Waals surface area contributed by atoms with E-state index in [0.717, 1.165) is 44.4 Å². The van der Waals surface area contributed by atoms with Gasteiger partial charge in [0.05, 0.1) is 12.6 Å². The standard InChI is InChI=1S/C24H36N4O2/c1-18-16-26-24-27(14-13-25-23(30)12-9-19-5-3-2-4-6-19)21(17-28(18)24)15-20-7-10-22(29)11-8-20/h7-8,10-11,18-19,21,29H,2-6,9,12-17H2,1H3,(H,25,30)/t18-,21-/m1/s1. The first kappa shape index (κ1) is 21.0. The van der Waals surface area contributed by atoms with Crippen molar-refractivity contribution in [2.45, 2.75) is 70.4 Å². The number of phenols is 1. The molecule has 0 bridgehead atoms. The highest BCUT2D eigenvalue weighted by Crippen LogP contribution is 2.28. The topological polar surface area (TPSA) is 68.2 Å². The molecule has 1 aromatic carbocycles. The summed E-state index contributed by atoms with van der Waals surface area (Å²) in [6.45, 7) is 5.50. The van der Waals surface area contributed by atoms with E-state index in [1.165, 1.54) is 37.7 Å². The number of phenolic OH excluding ortho intramolecular Hbond substituents is 1. The lowest BCUT2D eigenvalue weighted by molar-refractivity contribution is -0.121. The smallest absolute Gasteiger partial charge is 0.220 e. The fourth-order valence-corrected chi connectivity index (χ4v) is 5.18. The lowest BCUT2D eigenvalue weighted by Gasteiger charge is -2.25. The van der Waals surface area contributed by atoms with Gasteiger partial charge in [-0.3, -0.25) is 9.79 Å². The van der Waals surface area contributed by atoms with Crippen LogP contribution in [0.25, 0.3) is 0 Å². The largest absolute Gasteiger partial charge is 0.508 e. The monoisotopic (exact) mass is 412 g/mol. The molecule has 1 saturated carbocycles. The number of rotatable bonds is 8. The zero-order valence-corrected chi connectivity index (χ0v) is 18.2. The van der Waals surface area contributed by atoms with Crippen LogP contribution in [0.15, 0.2) is 29.3 Å². The van der Waals surface area contributed by atoms with Crippen molar-refractivity contribution < 1.29 is 9.90 Å². The molecule has 1 aliphatic carbocycles. The summed E-state index contributed by atoms with van der Waals surface area (Å²) in [5, 5.41) is 12.7. The third kappa shape index (κ3) is 5.08. The van der Waals surface area contributed by atoms with Gasteiger partial charge in [0.2, 0.25) is 5.91 Å². The molecule has 6 nitrogen and oxygen atoms in total. The third-order valence-electron chi connectivity index (χ3n) is 6.98. The molecule has 2 fully saturated rings. The number of nitrogens with zero attached hydrogens (tertiary/aromatic N) is 3. The Kier molecular flexibility index (Phi) is 6.80. The van der Waals surface area contributed by atoms with Crippen molar-refractivity contribution in [1.82, 2.24) is 15.1 Å². The van der Waals surface area contributed by atoms with Gasteiger partial charge < -0.3 is 20.2 Å². The number of hydrogen-bond donors (Lipinski definition) is 2. The molecule has 0 radical (unpaired) electrons. The van der Waals surface area contributed by atoms with E-state index in [2.05, 4.69) is 22.0 Å². The number of benzene rings is 1. The number of fused-ring (bicyclic) bond motifs is 1. The molecule has 0 aromatic heterocycles. The molecule has 30 heavy (non-hydrogen) atoms. The van der Waals surface area contributed by atoms with Crippen LogP contribution in [0.5, 0.6) is 5.75 Å². The molecule has 0 spiro atoms. The summed E-state index contributed by atoms with van der Waals surface area (Å²) in [6, 6.07) is 8.28. The summed E-state index contributed by atoms with van der Waals surface area (Å²) in [4.78, 5) is 21.9. The van der Waals surface area contributed by atoms with Gasteiger partial charge in [-0.05, 0) is 43.4 Å². The number of carbonyl (C=O) groups excluding carboxylic acids is 1. The fourth-order valence-electron chi connectivity index (χ4n) is 5.18. The highest BCUT2D eigenvalue weighted by atomic mass is 16.3. The second-order valence-electron chi connectivity index (χ2n) is 9.25. The van der Waals surface area contributed by atoms with Crippen molar-refractivity contribution in [2.24, 2.45) is 10.9 Å². The van der Waals surface area contributed by atoms with Crippen LogP contribution >= 0.6 is 0 Å². The Labute approximate surface area is 180 Å². The second-order valence-corrected chi connectivity index (χ2v) is 9.25. The third-order valence-corrected chi connectivity index (χ3v) is 6.98. The van der Waals surface area contributed by atoms with Gasteiger partial charge in [0.25, 0.3) is 0 Å². The predicted molar refractivity (Wildman–Crippen MR) is 120 cm³/mol. The lowest BCUT2D eigenvalue weighted by atomic mass is 9.86. The lowest BCUT2D eigenvalue weighted by Crippen LogP contribution is -2.42. The number of hydrogen-bond acceptors (Lipinski definition) is 5. The number of amides is 1. The maximum Gasteiger partial charge on any atom is 0.220 e. The second kappa shape index (κ2) is 9.71. The van der Waals surface area contributed by atoms with Gasteiger partial charge in [0, 0.05) is 32.1 Å². The van der Waals surface area contributed by atoms with Gasteiger partial charge in [-0.15, -0.1) is 0 Å². The summed E-state index contributed by atoms with van der Waals surface area (Å²) in [5.74, 6) is 2.33. The van der Waals surface area contributed by atoms with Gasteiger partial charge >= 0.3 is 0 Å². The molecule has 4 rings (SSSR count). The molecule has 2 heterocycles. The van der Waals surface area contributed by atoms with Gasteiger partial charge in [-0.1, -0.05) is 44.2 Å². The average molecular weight is 413 g/mol. The molecule has 1 aromatic rings. The zero-order valence-electron chi connectivity index (χ0n) is 18.2. The van der Waals surface area contributed by atoms with Crippen molar-refractivity contribution in [1.29, 1.82) is 0 Å². The number of guanidine groups is 1. The summed E-state index contributed by atoms with van der Waals surface area (Å²) < 4.78 is 0. The van der Waals surface area contributed by atoms with Crippen molar-refractivity contribution in [3.63, 3.8) is 0 Å². The first-order valence-electron chi connectivity index (χ1n) is 11.7. The van der Waals surface area contributed by atoms with Crippen molar-refractivity contribution in [3.05, 3.63) is 29.8 Å². The molecule has 6 heteroatoms. The Bertz CT molecular complexity index is 742. The number of aromatic hydroxyl groups is 1. The normalized spacial score (nSPS) is 24.1. The molecule has 1 saturated heterocycles. The van der Waals surface area contributed by atoms with E-state index in [1.54, 1.807) is 12.1 Å². The Morgan fingerprint density at radius 2 is 1.97 bits per heavy atom. The highest BCUT2D eigenvalue weighted by molar-refractivity contribution is 5.84. The van der Waals surface area contributed by atoms with Crippen LogP contribution in [0.2, 0.25) is 0 Å². The van der Waals surface area contributed by atoms with E-state index in [1.807, 2.05) is 12.1 Å². The summed E-state index contributed by atoms with van der Waals surface area (Å²) in [7, 11) is 0. The molecular formula is C24H36N4O2. The maximum absolute atomic E-state index is 12.3. The minimum Gasteiger partial charge on any atom is -0.508 e. The summed E-state index contributed by atoms with van der Waals surface area (Å²) in [6.07, 6.45) is 9.24. The zero-order chi connectivity index (χ0) is 20.9. The van der Waals surface area contributed by atoms with Crippen molar-refractivity contribution in [3.8, 4) is 5.75 Å². The van der Waals surface area contributed by atoms with Gasteiger partial charge in [-0.2, -0.15) is 0 Å². The van der Waals surface area contributed by atoms with Crippen LogP contribution in [0.3, 0.4) is 0 Å². The predicted octanol–water partition coefficient (Wildman–Crippen LogP) is 3.16. The van der Waals surface area contributed by atoms with E-state index in [4.69, 9.17) is 4.99 Å². The molecule has 0 unspecified atom stereocenters. The summed E-state index contributed by atoms with van der Waals surface area (Å²) >= 11 is 0. The number of carbonyl (C=O) groups is 1. The SMILES string of the molecule is C[C@@H]1CN=C2N(CCNC(=O)CCC3CCCCC3)[C@H](Cc3ccc(O)cc3)CN21. The van der Waals surface area contributed by atoms with Crippen LogP contribution in [0.4, 0.5) is 0 Å². The molecule has 1 amide bonds. The fraction of sp³-hybridized carbons (Fsp3) is 0.667. The Balaban J connectivity index is 1.28. The van der Waals surface area contributed by atoms with Gasteiger partial charge in [0.1, 0.15) is 5.75 Å². The highest BCUT2D eigenvalue weighted by Gasteiger charge is 2.40. The van der Waals surface area contributed by atoms with E-state index < -0.39 is 0 Å². The van der Waals surface area contributed by atoms with Gasteiger partial charge in [0.15, 0.2) is 5.96 Å². The molecule has 2 N–H and O–H groups in total. The van der Waals surface area contributed by atoms with Crippen LogP contribution in [0, 0.1) is 5.92 Å². The summed E-state index contributed by atoms with van der Waals surface area (Å²) in [5.41, 5.74) is 1.22. The van der Waals surface area contributed by atoms with E-state index >= 15 is 0 Å². The maximum atomic E-state index is 12.3. The van der Waals surface area contributed by atoms with E-state index in [9.17, 15) is 9.90 Å². The van der Waals surface area contributed by atoms with Crippen LogP contribution in [0.1, 0.15) is 57.4 Å². The molecular weight excluding hydrogens is 376 g/mol. The van der Waals surface area contributed by atoms with E-state index in [-0.39, 0.29) is 5.91 Å². The molecule has 2 aliphatic heterocycles.